The Kier molecular flexibility index (Phi) is 2.76. The van der Waals surface area contributed by atoms with Crippen LogP contribution >= 0.6 is 0 Å². The highest BCUT2D eigenvalue weighted by molar-refractivity contribution is 5.51. The lowest BCUT2D eigenvalue weighted by molar-refractivity contribution is 0.228. The molecule has 0 atom stereocenters. The fourth-order valence-corrected chi connectivity index (χ4v) is 2.53. The van der Waals surface area contributed by atoms with E-state index in [9.17, 15) is 0 Å². The number of hydrogen-bond acceptors (Lipinski definition) is 1. The number of fused-ring (bicyclic) bond motifs is 1. The summed E-state index contributed by atoms with van der Waals surface area (Å²) in [7, 11) is 0. The molecule has 1 aromatic carbocycles. The molecular weight excluding hydrogens is 208 g/mol. The molecule has 2 rings (SSSR count). The highest BCUT2D eigenvalue weighted by Crippen LogP contribution is 2.44. The molecule has 94 valence electrons. The minimum Gasteiger partial charge on any atom is -0.493 e. The van der Waals surface area contributed by atoms with Crippen molar-refractivity contribution in [1.82, 2.24) is 0 Å². The van der Waals surface area contributed by atoms with Crippen LogP contribution in [-0.4, -0.2) is 6.61 Å². The van der Waals surface area contributed by atoms with Gasteiger partial charge in [0.2, 0.25) is 0 Å². The summed E-state index contributed by atoms with van der Waals surface area (Å²) in [6, 6.07) is 4.57. The molecule has 1 aliphatic heterocycles. The smallest absolute Gasteiger partial charge is 0.126 e. The first-order valence-electron chi connectivity index (χ1n) is 6.50. The summed E-state index contributed by atoms with van der Waals surface area (Å²) < 4.78 is 5.97. The zero-order valence-corrected chi connectivity index (χ0v) is 12.0. The van der Waals surface area contributed by atoms with Gasteiger partial charge in [-0.25, -0.2) is 0 Å². The van der Waals surface area contributed by atoms with Gasteiger partial charge in [-0.3, -0.25) is 0 Å². The van der Waals surface area contributed by atoms with Crippen LogP contribution in [0, 0.1) is 6.92 Å². The molecule has 0 aliphatic carbocycles. The lowest BCUT2D eigenvalue weighted by Crippen LogP contribution is -2.29. The largest absolute Gasteiger partial charge is 0.493 e. The minimum atomic E-state index is 0.142. The topological polar surface area (TPSA) is 9.23 Å². The Bertz CT molecular complexity index is 418. The summed E-state index contributed by atoms with van der Waals surface area (Å²) in [5, 5.41) is 0. The SMILES string of the molecule is Cc1cc(C(C)(C)C)c2c(c1)C(C)(C)CCO2. The average Bonchev–Trinajstić information content (AvgIpc) is 2.16. The van der Waals surface area contributed by atoms with Crippen molar-refractivity contribution in [3.8, 4) is 5.75 Å². The van der Waals surface area contributed by atoms with Crippen LogP contribution in [0.25, 0.3) is 0 Å². The molecule has 1 aliphatic rings. The van der Waals surface area contributed by atoms with E-state index in [-0.39, 0.29) is 10.8 Å². The van der Waals surface area contributed by atoms with E-state index >= 15 is 0 Å². The van der Waals surface area contributed by atoms with Gasteiger partial charge in [-0.1, -0.05) is 52.3 Å². The summed E-state index contributed by atoms with van der Waals surface area (Å²) in [6.45, 7) is 14.4. The molecule has 0 fully saturated rings. The van der Waals surface area contributed by atoms with Gasteiger partial charge in [0, 0.05) is 11.1 Å². The van der Waals surface area contributed by atoms with Gasteiger partial charge < -0.3 is 4.74 Å². The van der Waals surface area contributed by atoms with E-state index in [1.807, 2.05) is 0 Å². The van der Waals surface area contributed by atoms with Crippen LogP contribution in [0.1, 0.15) is 57.7 Å². The monoisotopic (exact) mass is 232 g/mol. The first kappa shape index (κ1) is 12.5. The maximum absolute atomic E-state index is 5.97. The second-order valence-electron chi connectivity index (χ2n) is 6.92. The predicted octanol–water partition coefficient (Wildman–Crippen LogP) is 4.35. The van der Waals surface area contributed by atoms with Crippen LogP contribution in [0.4, 0.5) is 0 Å². The van der Waals surface area contributed by atoms with Gasteiger partial charge in [0.1, 0.15) is 5.75 Å². The highest BCUT2D eigenvalue weighted by Gasteiger charge is 2.33. The summed E-state index contributed by atoms with van der Waals surface area (Å²) in [6.07, 6.45) is 1.10. The quantitative estimate of drug-likeness (QED) is 0.646. The third kappa shape index (κ3) is 2.20. The lowest BCUT2D eigenvalue weighted by Gasteiger charge is -2.36. The van der Waals surface area contributed by atoms with Gasteiger partial charge in [0.05, 0.1) is 6.61 Å². The number of ether oxygens (including phenoxy) is 1. The molecule has 0 spiro atoms. The Morgan fingerprint density at radius 2 is 1.82 bits per heavy atom. The molecule has 0 radical (unpaired) electrons. The Labute approximate surface area is 105 Å². The van der Waals surface area contributed by atoms with Crippen LogP contribution in [0.15, 0.2) is 12.1 Å². The first-order valence-corrected chi connectivity index (χ1v) is 6.50. The van der Waals surface area contributed by atoms with Crippen molar-refractivity contribution < 1.29 is 4.74 Å². The standard InChI is InChI=1S/C16H24O/c1-11-9-12(15(2,3)4)14-13(10-11)16(5,6)7-8-17-14/h9-10H,7-8H2,1-6H3. The summed E-state index contributed by atoms with van der Waals surface area (Å²) in [4.78, 5) is 0. The lowest BCUT2D eigenvalue weighted by atomic mass is 9.75. The summed E-state index contributed by atoms with van der Waals surface area (Å²) >= 11 is 0. The fourth-order valence-electron chi connectivity index (χ4n) is 2.53. The molecule has 0 unspecified atom stereocenters. The van der Waals surface area contributed by atoms with Gasteiger partial charge in [-0.15, -0.1) is 0 Å². The van der Waals surface area contributed by atoms with Crippen LogP contribution in [-0.2, 0) is 10.8 Å². The van der Waals surface area contributed by atoms with E-state index in [1.54, 1.807) is 0 Å². The third-order valence-electron chi connectivity index (χ3n) is 3.74. The maximum atomic E-state index is 5.97. The fraction of sp³-hybridized carbons (Fsp3) is 0.625. The van der Waals surface area contributed by atoms with Crippen molar-refractivity contribution in [3.63, 3.8) is 0 Å². The van der Waals surface area contributed by atoms with Gasteiger partial charge in [-0.2, -0.15) is 0 Å². The third-order valence-corrected chi connectivity index (χ3v) is 3.74. The Hall–Kier alpha value is -0.980. The van der Waals surface area contributed by atoms with Gasteiger partial charge in [-0.05, 0) is 24.2 Å². The normalized spacial score (nSPS) is 18.5. The van der Waals surface area contributed by atoms with Crippen LogP contribution < -0.4 is 4.74 Å². The first-order chi connectivity index (χ1) is 7.72. The molecule has 0 amide bonds. The Morgan fingerprint density at radius 1 is 1.18 bits per heavy atom. The van der Waals surface area contributed by atoms with Crippen molar-refractivity contribution in [1.29, 1.82) is 0 Å². The van der Waals surface area contributed by atoms with Crippen molar-refractivity contribution >= 4 is 0 Å². The molecule has 1 heterocycles. The number of benzene rings is 1. The molecule has 17 heavy (non-hydrogen) atoms. The zero-order valence-electron chi connectivity index (χ0n) is 12.0. The van der Waals surface area contributed by atoms with Crippen molar-refractivity contribution in [2.24, 2.45) is 0 Å². The zero-order chi connectivity index (χ0) is 12.8. The van der Waals surface area contributed by atoms with Crippen LogP contribution in [0.2, 0.25) is 0 Å². The molecule has 1 aromatic rings. The summed E-state index contributed by atoms with van der Waals surface area (Å²) in [5.74, 6) is 1.14. The van der Waals surface area contributed by atoms with E-state index in [0.29, 0.717) is 0 Å². The van der Waals surface area contributed by atoms with E-state index in [4.69, 9.17) is 4.74 Å². The number of hydrogen-bond donors (Lipinski definition) is 0. The predicted molar refractivity (Wildman–Crippen MR) is 73.0 cm³/mol. The van der Waals surface area contributed by atoms with E-state index in [2.05, 4.69) is 53.7 Å². The van der Waals surface area contributed by atoms with Crippen molar-refractivity contribution in [2.45, 2.75) is 58.8 Å². The van der Waals surface area contributed by atoms with Gasteiger partial charge in [0.25, 0.3) is 0 Å². The van der Waals surface area contributed by atoms with Crippen molar-refractivity contribution in [2.75, 3.05) is 6.61 Å². The average molecular weight is 232 g/mol. The molecular formula is C16H24O. The second kappa shape index (κ2) is 3.76. The Balaban J connectivity index is 2.68. The molecule has 0 N–H and O–H groups in total. The number of rotatable bonds is 0. The Morgan fingerprint density at radius 3 is 2.41 bits per heavy atom. The van der Waals surface area contributed by atoms with Crippen LogP contribution in [0.5, 0.6) is 5.75 Å². The number of aryl methyl sites for hydroxylation is 1. The van der Waals surface area contributed by atoms with E-state index in [0.717, 1.165) is 18.8 Å². The molecule has 1 nitrogen and oxygen atoms in total. The van der Waals surface area contributed by atoms with Gasteiger partial charge in [0.15, 0.2) is 0 Å². The molecule has 0 saturated heterocycles. The maximum Gasteiger partial charge on any atom is 0.126 e. The minimum absolute atomic E-state index is 0.142. The second-order valence-corrected chi connectivity index (χ2v) is 6.92. The van der Waals surface area contributed by atoms with Crippen molar-refractivity contribution in [3.05, 3.63) is 28.8 Å². The molecule has 1 heteroatoms. The molecule has 0 saturated carbocycles. The van der Waals surface area contributed by atoms with Gasteiger partial charge >= 0.3 is 0 Å². The molecule has 0 aromatic heterocycles. The summed E-state index contributed by atoms with van der Waals surface area (Å²) in [5.41, 5.74) is 4.45. The van der Waals surface area contributed by atoms with Crippen LogP contribution in [0.3, 0.4) is 0 Å². The molecule has 0 bridgehead atoms. The van der Waals surface area contributed by atoms with E-state index in [1.165, 1.54) is 16.7 Å². The van der Waals surface area contributed by atoms with E-state index < -0.39 is 0 Å². The highest BCUT2D eigenvalue weighted by atomic mass is 16.5.